The standard InChI is InChI=1S/C12H11IN2O/c13-9-1-3-10(4-2-9)14-7-11-5-6-12(16)8-15-11/h1-6,8,14,16H,7H2. The molecule has 3 nitrogen and oxygen atoms in total. The number of halogens is 1. The molecule has 0 saturated carbocycles. The Labute approximate surface area is 108 Å². The molecule has 2 rings (SSSR count). The Morgan fingerprint density at radius 1 is 1.12 bits per heavy atom. The molecule has 0 radical (unpaired) electrons. The topological polar surface area (TPSA) is 45.1 Å². The molecule has 0 fully saturated rings. The fourth-order valence-corrected chi connectivity index (χ4v) is 1.64. The van der Waals surface area contributed by atoms with Crippen molar-refractivity contribution >= 4 is 28.3 Å². The molecule has 0 bridgehead atoms. The summed E-state index contributed by atoms with van der Waals surface area (Å²) in [5.74, 6) is 0.193. The van der Waals surface area contributed by atoms with Crippen LogP contribution in [0.5, 0.6) is 5.75 Å². The summed E-state index contributed by atoms with van der Waals surface area (Å²) >= 11 is 2.27. The lowest BCUT2D eigenvalue weighted by Gasteiger charge is -2.05. The van der Waals surface area contributed by atoms with Crippen molar-refractivity contribution in [1.29, 1.82) is 0 Å². The SMILES string of the molecule is Oc1ccc(CNc2ccc(I)cc2)nc1. The Balaban J connectivity index is 1.97. The monoisotopic (exact) mass is 326 g/mol. The number of benzene rings is 1. The third-order valence-electron chi connectivity index (χ3n) is 2.13. The van der Waals surface area contributed by atoms with E-state index in [1.165, 1.54) is 9.77 Å². The Morgan fingerprint density at radius 2 is 1.88 bits per heavy atom. The van der Waals surface area contributed by atoms with Gasteiger partial charge < -0.3 is 10.4 Å². The van der Waals surface area contributed by atoms with E-state index >= 15 is 0 Å². The summed E-state index contributed by atoms with van der Waals surface area (Å²) in [5, 5.41) is 12.3. The van der Waals surface area contributed by atoms with Crippen LogP contribution in [0.3, 0.4) is 0 Å². The largest absolute Gasteiger partial charge is 0.506 e. The van der Waals surface area contributed by atoms with Gasteiger partial charge in [-0.05, 0) is 59.0 Å². The molecule has 1 heterocycles. The van der Waals surface area contributed by atoms with Crippen molar-refractivity contribution in [2.75, 3.05) is 5.32 Å². The summed E-state index contributed by atoms with van der Waals surface area (Å²) in [6.07, 6.45) is 1.45. The average molecular weight is 326 g/mol. The molecule has 0 saturated heterocycles. The second-order valence-corrected chi connectivity index (χ2v) is 4.61. The average Bonchev–Trinajstić information content (AvgIpc) is 2.30. The van der Waals surface area contributed by atoms with E-state index in [0.29, 0.717) is 6.54 Å². The van der Waals surface area contributed by atoms with Crippen LogP contribution in [0.15, 0.2) is 42.6 Å². The predicted octanol–water partition coefficient (Wildman–Crippen LogP) is 3.00. The van der Waals surface area contributed by atoms with Crippen LogP contribution in [0, 0.1) is 3.57 Å². The molecule has 0 atom stereocenters. The predicted molar refractivity (Wildman–Crippen MR) is 72.4 cm³/mol. The van der Waals surface area contributed by atoms with Crippen LogP contribution in [0.2, 0.25) is 0 Å². The van der Waals surface area contributed by atoms with Crippen molar-refractivity contribution in [3.8, 4) is 5.75 Å². The zero-order chi connectivity index (χ0) is 11.4. The van der Waals surface area contributed by atoms with Gasteiger partial charge >= 0.3 is 0 Å². The minimum Gasteiger partial charge on any atom is -0.506 e. The third-order valence-corrected chi connectivity index (χ3v) is 2.85. The highest BCUT2D eigenvalue weighted by molar-refractivity contribution is 14.1. The molecule has 2 N–H and O–H groups in total. The van der Waals surface area contributed by atoms with Gasteiger partial charge in [0, 0.05) is 9.26 Å². The lowest BCUT2D eigenvalue weighted by Crippen LogP contribution is -2.00. The number of hydrogen-bond donors (Lipinski definition) is 2. The van der Waals surface area contributed by atoms with Crippen molar-refractivity contribution in [2.24, 2.45) is 0 Å². The molecule has 0 aliphatic carbocycles. The highest BCUT2D eigenvalue weighted by Gasteiger charge is 1.95. The van der Waals surface area contributed by atoms with E-state index in [1.807, 2.05) is 24.3 Å². The van der Waals surface area contributed by atoms with Gasteiger partial charge in [-0.2, -0.15) is 0 Å². The van der Waals surface area contributed by atoms with E-state index in [1.54, 1.807) is 12.1 Å². The Kier molecular flexibility index (Phi) is 3.61. The van der Waals surface area contributed by atoms with E-state index in [4.69, 9.17) is 5.11 Å². The number of pyridine rings is 1. The molecular formula is C12H11IN2O. The van der Waals surface area contributed by atoms with E-state index in [0.717, 1.165) is 11.4 Å². The lowest BCUT2D eigenvalue weighted by molar-refractivity contribution is 0.472. The quantitative estimate of drug-likeness (QED) is 0.853. The molecule has 0 amide bonds. The Morgan fingerprint density at radius 3 is 2.50 bits per heavy atom. The smallest absolute Gasteiger partial charge is 0.133 e. The van der Waals surface area contributed by atoms with Crippen molar-refractivity contribution in [3.63, 3.8) is 0 Å². The molecule has 0 spiro atoms. The first kappa shape index (κ1) is 11.2. The number of aromatic hydroxyl groups is 1. The highest BCUT2D eigenvalue weighted by atomic mass is 127. The Bertz CT molecular complexity index is 408. The van der Waals surface area contributed by atoms with Crippen molar-refractivity contribution in [1.82, 2.24) is 4.98 Å². The maximum Gasteiger partial charge on any atom is 0.133 e. The van der Waals surface area contributed by atoms with Crippen LogP contribution >= 0.6 is 22.6 Å². The molecule has 0 aliphatic rings. The van der Waals surface area contributed by atoms with Crippen molar-refractivity contribution < 1.29 is 5.11 Å². The minimum absolute atomic E-state index is 0.193. The van der Waals surface area contributed by atoms with Gasteiger partial charge in [-0.1, -0.05) is 0 Å². The van der Waals surface area contributed by atoms with Crippen LogP contribution in [-0.2, 0) is 6.54 Å². The number of rotatable bonds is 3. The molecule has 0 aliphatic heterocycles. The van der Waals surface area contributed by atoms with Gasteiger partial charge in [0.05, 0.1) is 18.4 Å². The van der Waals surface area contributed by atoms with Crippen molar-refractivity contribution in [3.05, 3.63) is 51.9 Å². The van der Waals surface area contributed by atoms with Gasteiger partial charge in [-0.3, -0.25) is 4.98 Å². The maximum atomic E-state index is 9.09. The first-order valence-electron chi connectivity index (χ1n) is 4.87. The van der Waals surface area contributed by atoms with Gasteiger partial charge in [0.2, 0.25) is 0 Å². The van der Waals surface area contributed by atoms with Gasteiger partial charge in [-0.15, -0.1) is 0 Å². The third kappa shape index (κ3) is 3.10. The van der Waals surface area contributed by atoms with Crippen molar-refractivity contribution in [2.45, 2.75) is 6.54 Å². The summed E-state index contributed by atoms with van der Waals surface area (Å²) < 4.78 is 1.21. The number of nitrogens with one attached hydrogen (secondary N) is 1. The lowest BCUT2D eigenvalue weighted by atomic mass is 10.3. The molecule has 1 aromatic heterocycles. The molecule has 2 aromatic rings. The molecular weight excluding hydrogens is 315 g/mol. The van der Waals surface area contributed by atoms with Crippen LogP contribution in [0.25, 0.3) is 0 Å². The summed E-state index contributed by atoms with van der Waals surface area (Å²) in [6, 6.07) is 11.6. The van der Waals surface area contributed by atoms with Crippen LogP contribution < -0.4 is 5.32 Å². The summed E-state index contributed by atoms with van der Waals surface area (Å²) in [4.78, 5) is 4.10. The first-order valence-corrected chi connectivity index (χ1v) is 5.95. The molecule has 4 heteroatoms. The Hall–Kier alpha value is -1.30. The second-order valence-electron chi connectivity index (χ2n) is 3.37. The van der Waals surface area contributed by atoms with E-state index in [2.05, 4.69) is 32.9 Å². The summed E-state index contributed by atoms with van der Waals surface area (Å²) in [6.45, 7) is 0.654. The molecule has 82 valence electrons. The maximum absolute atomic E-state index is 9.09. The molecule has 0 unspecified atom stereocenters. The summed E-state index contributed by atoms with van der Waals surface area (Å²) in [5.41, 5.74) is 1.96. The van der Waals surface area contributed by atoms with Crippen LogP contribution in [0.1, 0.15) is 5.69 Å². The molecule has 16 heavy (non-hydrogen) atoms. The normalized spacial score (nSPS) is 10.1. The fourth-order valence-electron chi connectivity index (χ4n) is 1.28. The van der Waals surface area contributed by atoms with Gasteiger partial charge in [0.1, 0.15) is 5.75 Å². The van der Waals surface area contributed by atoms with E-state index in [-0.39, 0.29) is 5.75 Å². The van der Waals surface area contributed by atoms with E-state index < -0.39 is 0 Å². The number of hydrogen-bond acceptors (Lipinski definition) is 3. The van der Waals surface area contributed by atoms with Gasteiger partial charge in [0.25, 0.3) is 0 Å². The van der Waals surface area contributed by atoms with E-state index in [9.17, 15) is 0 Å². The highest BCUT2D eigenvalue weighted by Crippen LogP contribution is 2.12. The second kappa shape index (κ2) is 5.16. The van der Waals surface area contributed by atoms with Crippen LogP contribution in [-0.4, -0.2) is 10.1 Å². The van der Waals surface area contributed by atoms with Gasteiger partial charge in [0.15, 0.2) is 0 Å². The number of anilines is 1. The first-order chi connectivity index (χ1) is 7.74. The minimum atomic E-state index is 0.193. The molecule has 1 aromatic carbocycles. The van der Waals surface area contributed by atoms with Crippen LogP contribution in [0.4, 0.5) is 5.69 Å². The van der Waals surface area contributed by atoms with Gasteiger partial charge in [-0.25, -0.2) is 0 Å². The zero-order valence-electron chi connectivity index (χ0n) is 8.52. The fraction of sp³-hybridized carbons (Fsp3) is 0.0833. The number of nitrogens with zero attached hydrogens (tertiary/aromatic N) is 1. The zero-order valence-corrected chi connectivity index (χ0v) is 10.7. The number of aromatic nitrogens is 1. The summed E-state index contributed by atoms with van der Waals surface area (Å²) in [7, 11) is 0.